The number of allylic oxidation sites excluding steroid dienone is 2. The van der Waals surface area contributed by atoms with Gasteiger partial charge in [-0.05, 0) is 172 Å². The van der Waals surface area contributed by atoms with E-state index in [4.69, 9.17) is 28.4 Å². The summed E-state index contributed by atoms with van der Waals surface area (Å²) in [7, 11) is 0. The van der Waals surface area contributed by atoms with Gasteiger partial charge in [-0.3, -0.25) is 9.59 Å². The number of Topliss-reactive ketones (excluding diaryl/α,β-unsaturated/α-hetero) is 1. The Morgan fingerprint density at radius 2 is 0.478 bits per heavy atom. The van der Waals surface area contributed by atoms with Gasteiger partial charge in [-0.25, -0.2) is 0 Å². The molecule has 8 heteroatoms. The molecule has 480 valence electrons. The molecule has 3 aliphatic rings. The minimum absolute atomic E-state index is 0.138. The normalized spacial score (nSPS) is 15.2. The number of benzene rings is 6. The number of carbonyl (C=O) groups is 2. The van der Waals surface area contributed by atoms with Crippen LogP contribution < -0.4 is 28.4 Å². The van der Waals surface area contributed by atoms with Crippen LogP contribution >= 0.6 is 0 Å². The van der Waals surface area contributed by atoms with Crippen LogP contribution in [0.5, 0.6) is 34.5 Å². The maximum atomic E-state index is 15.4. The molecule has 2 heterocycles. The highest BCUT2D eigenvalue weighted by Crippen LogP contribution is 2.47. The molecule has 6 aromatic rings. The lowest BCUT2D eigenvalue weighted by atomic mass is 9.79. The van der Waals surface area contributed by atoms with Crippen molar-refractivity contribution in [3.63, 3.8) is 0 Å². The fourth-order valence-electron chi connectivity index (χ4n) is 12.9. The summed E-state index contributed by atoms with van der Waals surface area (Å²) in [4.78, 5) is 29.6. The first-order chi connectivity index (χ1) is 42.0. The van der Waals surface area contributed by atoms with E-state index in [1.54, 1.807) is 0 Å². The van der Waals surface area contributed by atoms with Crippen molar-refractivity contribution < 1.29 is 38.0 Å². The second-order valence-corrected chi connectivity index (χ2v) is 31.7. The predicted molar refractivity (Wildman–Crippen MR) is 370 cm³/mol. The molecule has 9 rings (SSSR count). The van der Waals surface area contributed by atoms with Gasteiger partial charge in [0.15, 0.2) is 11.6 Å². The molecule has 0 atom stereocenters. The van der Waals surface area contributed by atoms with Crippen molar-refractivity contribution in [1.29, 1.82) is 0 Å². The second-order valence-electron chi connectivity index (χ2n) is 31.7. The van der Waals surface area contributed by atoms with Gasteiger partial charge >= 0.3 is 0 Å². The molecule has 2 aliphatic heterocycles. The molecule has 0 aromatic heterocycles. The van der Waals surface area contributed by atoms with Crippen LogP contribution in [0.3, 0.4) is 0 Å². The van der Waals surface area contributed by atoms with Crippen molar-refractivity contribution in [3.05, 3.63) is 196 Å². The third-order valence-electron chi connectivity index (χ3n) is 18.1. The molecular weight excluding hydrogens is 1110 g/mol. The third kappa shape index (κ3) is 14.8. The van der Waals surface area contributed by atoms with Crippen LogP contribution in [0.1, 0.15) is 252 Å². The fraction of sp³-hybridized carbons (Fsp3) is 0.488. The van der Waals surface area contributed by atoms with Gasteiger partial charge in [-0.2, -0.15) is 0 Å². The first-order valence-electron chi connectivity index (χ1n) is 33.2. The van der Waals surface area contributed by atoms with Crippen molar-refractivity contribution >= 4 is 11.6 Å². The number of ketones is 2. The van der Waals surface area contributed by atoms with Gasteiger partial charge in [0.25, 0.3) is 0 Å². The number of fused-ring (bicyclic) bond motifs is 10. The Balaban J connectivity index is 1.52. The van der Waals surface area contributed by atoms with Crippen LogP contribution in [-0.2, 0) is 80.6 Å². The monoisotopic (exact) mass is 1220 g/mol. The summed E-state index contributed by atoms with van der Waals surface area (Å²) in [6.07, 6.45) is 5.78. The molecule has 1 aliphatic carbocycles. The van der Waals surface area contributed by atoms with E-state index in [-0.39, 0.29) is 68.4 Å². The number of carbonyl (C=O) groups excluding carboxylic acids is 2. The van der Waals surface area contributed by atoms with Gasteiger partial charge in [-0.15, -0.1) is 0 Å². The fourth-order valence-corrected chi connectivity index (χ4v) is 12.9. The Bertz CT molecular complexity index is 3360. The van der Waals surface area contributed by atoms with Crippen LogP contribution in [0.2, 0.25) is 0 Å². The highest BCUT2D eigenvalue weighted by molar-refractivity contribution is 6.20. The smallest absolute Gasteiger partial charge is 0.192 e. The van der Waals surface area contributed by atoms with E-state index in [9.17, 15) is 4.79 Å². The Kier molecular flexibility index (Phi) is 19.1. The summed E-state index contributed by atoms with van der Waals surface area (Å²) >= 11 is 0. The number of rotatable bonds is 8. The lowest BCUT2D eigenvalue weighted by Gasteiger charge is -2.29. The summed E-state index contributed by atoms with van der Waals surface area (Å²) in [6.45, 7) is 50.7. The van der Waals surface area contributed by atoms with E-state index in [1.165, 1.54) is 34.4 Å². The zero-order valence-corrected chi connectivity index (χ0v) is 58.8. The predicted octanol–water partition coefficient (Wildman–Crippen LogP) is 18.7. The molecule has 6 aromatic carbocycles. The maximum Gasteiger partial charge on any atom is 0.192 e. The van der Waals surface area contributed by atoms with Crippen molar-refractivity contribution in [2.75, 3.05) is 39.6 Å². The van der Waals surface area contributed by atoms with Gasteiger partial charge in [0.05, 0.1) is 26.4 Å². The zero-order chi connectivity index (χ0) is 65.8. The van der Waals surface area contributed by atoms with Crippen LogP contribution in [0.15, 0.2) is 96.1 Å². The largest absolute Gasteiger partial charge is 0.493 e. The van der Waals surface area contributed by atoms with Gasteiger partial charge in [-0.1, -0.05) is 197 Å². The highest BCUT2D eigenvalue weighted by atomic mass is 16.5. The molecule has 0 amide bonds. The molecule has 90 heavy (non-hydrogen) atoms. The average Bonchev–Trinajstić information content (AvgIpc) is 0.846. The van der Waals surface area contributed by atoms with E-state index < -0.39 is 0 Å². The molecule has 0 radical (unpaired) electrons. The van der Waals surface area contributed by atoms with Crippen LogP contribution in [0.4, 0.5) is 0 Å². The number of ether oxygens (including phenoxy) is 6. The zero-order valence-electron chi connectivity index (χ0n) is 58.8. The summed E-state index contributed by atoms with van der Waals surface area (Å²) in [5, 5.41) is 0. The van der Waals surface area contributed by atoms with E-state index in [2.05, 4.69) is 225 Å². The van der Waals surface area contributed by atoms with E-state index in [1.807, 2.05) is 0 Å². The van der Waals surface area contributed by atoms with Gasteiger partial charge < -0.3 is 28.4 Å². The topological polar surface area (TPSA) is 89.5 Å². The van der Waals surface area contributed by atoms with Crippen LogP contribution in [0, 0.1) is 0 Å². The summed E-state index contributed by atoms with van der Waals surface area (Å²) < 4.78 is 42.8. The lowest BCUT2D eigenvalue weighted by Crippen LogP contribution is -2.24. The van der Waals surface area contributed by atoms with Crippen LogP contribution in [-0.4, -0.2) is 51.2 Å². The van der Waals surface area contributed by atoms with E-state index in [0.717, 1.165) is 101 Å². The first-order valence-corrected chi connectivity index (χ1v) is 33.2. The molecule has 8 nitrogen and oxygen atoms in total. The Morgan fingerprint density at radius 3 is 0.656 bits per heavy atom. The number of hydrogen-bond donors (Lipinski definition) is 0. The minimum Gasteiger partial charge on any atom is -0.493 e. The lowest BCUT2D eigenvalue weighted by molar-refractivity contribution is -0.115. The van der Waals surface area contributed by atoms with Gasteiger partial charge in [0.2, 0.25) is 0 Å². The molecular formula is C82H104O8. The van der Waals surface area contributed by atoms with Gasteiger partial charge in [0.1, 0.15) is 47.7 Å². The maximum absolute atomic E-state index is 15.4. The Morgan fingerprint density at radius 1 is 0.300 bits per heavy atom. The highest BCUT2D eigenvalue weighted by Gasteiger charge is 2.33. The van der Waals surface area contributed by atoms with E-state index >= 15 is 4.79 Å². The first kappa shape index (κ1) is 67.3. The van der Waals surface area contributed by atoms with Crippen molar-refractivity contribution in [1.82, 2.24) is 0 Å². The second kappa shape index (κ2) is 25.6. The van der Waals surface area contributed by atoms with Crippen molar-refractivity contribution in [2.45, 2.75) is 223 Å². The number of hydrogen-bond acceptors (Lipinski definition) is 8. The molecule has 0 fully saturated rings. The van der Waals surface area contributed by atoms with Crippen molar-refractivity contribution in [3.8, 4) is 34.5 Å². The van der Waals surface area contributed by atoms with Crippen molar-refractivity contribution in [2.24, 2.45) is 0 Å². The molecule has 0 saturated carbocycles. The third-order valence-corrected chi connectivity index (χ3v) is 18.1. The minimum atomic E-state index is -0.294. The molecule has 0 spiro atoms. The van der Waals surface area contributed by atoms with Crippen LogP contribution in [0.25, 0.3) is 0 Å². The molecule has 12 bridgehead atoms. The molecule has 0 N–H and O–H groups in total. The molecule has 0 saturated heterocycles. The Hall–Kier alpha value is -7.06. The SMILES string of the molecule is CCOc1c2cc(C(C)(C)C)cc1Cc1cc(C(C)(C)C)cc3c1OCC1=CC(=O)C=C(COc4c(cc(C(C)(C)C)cc4Cc4cc(C(C)(C)C)cc(c4OCC)Cc4cc(C(C)(C)C)cc(c4OCC)C3)Cc3cc(C(C)(C)C)cc(c3OCC)C2)C1=O. The quantitative estimate of drug-likeness (QED) is 0.139. The summed E-state index contributed by atoms with van der Waals surface area (Å²) in [6, 6.07) is 28.0. The molecule has 0 unspecified atom stereocenters. The standard InChI is InChI=1S/C82H104O8/c1-23-85-71-49-27-50-34-64(78(8,9)10)38-54(72(50)86-24-2)30-59-43-68(82(20,21)22)44-60-32-56-40-66(80(14,15)16)36-52(74(56)88-26-4)28-51-35-65(79(11,12)13)39-55(73(51)87-25-3)31-58-42-67(81(17,18)19)41-57(29-53(71)37-63(33-49)77(5,6)7)75(58)89-47-61-45-69(83)46-62(70(61)84)48-90-76(59)60/h33-46H,23-32,47-48H2,1-22H3. The summed E-state index contributed by atoms with van der Waals surface area (Å²) in [5.74, 6) is 4.09. The van der Waals surface area contributed by atoms with E-state index in [0.29, 0.717) is 76.5 Å². The summed E-state index contributed by atoms with van der Waals surface area (Å²) in [5.41, 5.74) is 18.2. The average molecular weight is 1220 g/mol. The Labute approximate surface area is 540 Å². The van der Waals surface area contributed by atoms with Gasteiger partial charge in [0, 0.05) is 49.7 Å².